The first-order chi connectivity index (χ1) is 17.9. The number of amides is 1. The van der Waals surface area contributed by atoms with Crippen LogP contribution in [-0.2, 0) is 4.79 Å². The molecule has 0 aliphatic carbocycles. The highest BCUT2D eigenvalue weighted by Crippen LogP contribution is 2.36. The second-order valence-electron chi connectivity index (χ2n) is 9.21. The predicted molar refractivity (Wildman–Crippen MR) is 142 cm³/mol. The molecular weight excluding hydrogens is 499 g/mol. The summed E-state index contributed by atoms with van der Waals surface area (Å²) in [6.45, 7) is 3.35. The number of benzene rings is 2. The Morgan fingerprint density at radius 2 is 1.89 bits per heavy atom. The molecule has 2 aliphatic rings. The van der Waals surface area contributed by atoms with Gasteiger partial charge >= 0.3 is 0 Å². The molecule has 11 heteroatoms. The second kappa shape index (κ2) is 10.9. The van der Waals surface area contributed by atoms with E-state index in [1.807, 2.05) is 9.80 Å². The van der Waals surface area contributed by atoms with Gasteiger partial charge < -0.3 is 29.9 Å². The smallest absolute Gasteiger partial charge is 0.228 e. The topological polar surface area (TPSA) is 91.9 Å². The summed E-state index contributed by atoms with van der Waals surface area (Å²) in [6.07, 6.45) is 2.71. The lowest BCUT2D eigenvalue weighted by Gasteiger charge is -2.35. The third-order valence-electron chi connectivity index (χ3n) is 6.87. The third kappa shape index (κ3) is 5.50. The van der Waals surface area contributed by atoms with E-state index < -0.39 is 5.82 Å². The number of halogens is 2. The van der Waals surface area contributed by atoms with Crippen molar-refractivity contribution in [1.82, 2.24) is 20.2 Å². The van der Waals surface area contributed by atoms with Crippen LogP contribution in [0.15, 0.2) is 30.3 Å². The summed E-state index contributed by atoms with van der Waals surface area (Å²) in [5.74, 6) is 1.63. The predicted octanol–water partition coefficient (Wildman–Crippen LogP) is 3.97. The van der Waals surface area contributed by atoms with E-state index in [4.69, 9.17) is 31.0 Å². The van der Waals surface area contributed by atoms with Crippen LogP contribution in [0.1, 0.15) is 19.3 Å². The standard InChI is InChI=1S/C26H30ClFN6O3/c1-36-22-14-18-21(15-23(22)37-2)31-26(32-25(18)30-20-6-5-16(27)12-19(20)28)34-10-8-33(9-11-34)24(35)13-17-4-3-7-29-17/h5-6,12,14-15,17,29H,3-4,7-11,13H2,1-2H3,(H,30,31,32). The highest BCUT2D eigenvalue weighted by atomic mass is 35.5. The van der Waals surface area contributed by atoms with Crippen LogP contribution in [0.25, 0.3) is 10.9 Å². The Labute approximate surface area is 219 Å². The first kappa shape index (κ1) is 25.3. The fourth-order valence-corrected chi connectivity index (χ4v) is 4.98. The number of aromatic nitrogens is 2. The van der Waals surface area contributed by atoms with Gasteiger partial charge in [-0.1, -0.05) is 11.6 Å². The molecule has 2 saturated heterocycles. The lowest BCUT2D eigenvalue weighted by Crippen LogP contribution is -2.50. The van der Waals surface area contributed by atoms with Gasteiger partial charge in [0, 0.05) is 55.1 Å². The van der Waals surface area contributed by atoms with Crippen molar-refractivity contribution in [3.63, 3.8) is 0 Å². The molecule has 5 rings (SSSR count). The van der Waals surface area contributed by atoms with E-state index in [0.29, 0.717) is 71.8 Å². The summed E-state index contributed by atoms with van der Waals surface area (Å²) < 4.78 is 25.6. The van der Waals surface area contributed by atoms with Gasteiger partial charge in [0.2, 0.25) is 11.9 Å². The number of nitrogens with zero attached hydrogens (tertiary/aromatic N) is 4. The molecule has 2 aromatic carbocycles. The van der Waals surface area contributed by atoms with Crippen molar-refractivity contribution in [2.24, 2.45) is 0 Å². The molecule has 0 bridgehead atoms. The quantitative estimate of drug-likeness (QED) is 0.476. The molecule has 3 aromatic rings. The van der Waals surface area contributed by atoms with Crippen LogP contribution in [0.2, 0.25) is 5.02 Å². The maximum Gasteiger partial charge on any atom is 0.228 e. The van der Waals surface area contributed by atoms with E-state index in [9.17, 15) is 9.18 Å². The van der Waals surface area contributed by atoms with Gasteiger partial charge in [0.05, 0.1) is 25.4 Å². The van der Waals surface area contributed by atoms with Gasteiger partial charge in [-0.2, -0.15) is 4.98 Å². The number of piperazine rings is 1. The zero-order valence-corrected chi connectivity index (χ0v) is 21.6. The Morgan fingerprint density at radius 1 is 1.14 bits per heavy atom. The molecule has 1 amide bonds. The molecule has 9 nitrogen and oxygen atoms in total. The molecule has 2 aliphatic heterocycles. The van der Waals surface area contributed by atoms with E-state index >= 15 is 0 Å². The average molecular weight is 529 g/mol. The monoisotopic (exact) mass is 528 g/mol. The van der Waals surface area contributed by atoms with Crippen LogP contribution < -0.4 is 25.0 Å². The van der Waals surface area contributed by atoms with Gasteiger partial charge in [-0.05, 0) is 43.7 Å². The Balaban J connectivity index is 1.42. The fourth-order valence-electron chi connectivity index (χ4n) is 4.83. The van der Waals surface area contributed by atoms with Gasteiger partial charge in [0.15, 0.2) is 11.5 Å². The SMILES string of the molecule is COc1cc2nc(N3CCN(C(=O)CC4CCCN4)CC3)nc(Nc3ccc(Cl)cc3F)c2cc1OC. The van der Waals surface area contributed by atoms with Gasteiger partial charge in [-0.25, -0.2) is 9.37 Å². The maximum absolute atomic E-state index is 14.6. The second-order valence-corrected chi connectivity index (χ2v) is 9.65. The first-order valence-electron chi connectivity index (χ1n) is 12.4. The van der Waals surface area contributed by atoms with Crippen LogP contribution in [0.3, 0.4) is 0 Å². The van der Waals surface area contributed by atoms with Crippen molar-refractivity contribution < 1.29 is 18.7 Å². The molecule has 3 heterocycles. The number of carbonyl (C=O) groups excluding carboxylic acids is 1. The van der Waals surface area contributed by atoms with Gasteiger partial charge in [-0.3, -0.25) is 4.79 Å². The number of hydrogen-bond donors (Lipinski definition) is 2. The molecule has 0 radical (unpaired) electrons. The molecule has 196 valence electrons. The number of fused-ring (bicyclic) bond motifs is 1. The first-order valence-corrected chi connectivity index (χ1v) is 12.7. The minimum Gasteiger partial charge on any atom is -0.493 e. The van der Waals surface area contributed by atoms with Gasteiger partial charge in [0.1, 0.15) is 11.6 Å². The molecule has 1 aromatic heterocycles. The number of anilines is 3. The molecule has 0 spiro atoms. The van der Waals surface area contributed by atoms with Crippen molar-refractivity contribution in [1.29, 1.82) is 0 Å². The molecule has 1 atom stereocenters. The van der Waals surface area contributed by atoms with E-state index in [-0.39, 0.29) is 17.6 Å². The van der Waals surface area contributed by atoms with Crippen LogP contribution in [0.5, 0.6) is 11.5 Å². The summed E-state index contributed by atoms with van der Waals surface area (Å²) in [4.78, 5) is 26.3. The van der Waals surface area contributed by atoms with E-state index in [1.54, 1.807) is 38.5 Å². The summed E-state index contributed by atoms with van der Waals surface area (Å²) in [5, 5.41) is 7.44. The third-order valence-corrected chi connectivity index (χ3v) is 7.11. The highest BCUT2D eigenvalue weighted by Gasteiger charge is 2.26. The van der Waals surface area contributed by atoms with Crippen molar-refractivity contribution in [2.75, 3.05) is 57.2 Å². The van der Waals surface area contributed by atoms with Crippen LogP contribution in [0.4, 0.5) is 21.8 Å². The Morgan fingerprint density at radius 3 is 2.57 bits per heavy atom. The summed E-state index contributed by atoms with van der Waals surface area (Å²) in [7, 11) is 3.11. The summed E-state index contributed by atoms with van der Waals surface area (Å²) in [6, 6.07) is 8.24. The van der Waals surface area contributed by atoms with Crippen molar-refractivity contribution in [3.8, 4) is 11.5 Å². The number of carbonyl (C=O) groups is 1. The zero-order chi connectivity index (χ0) is 25.9. The zero-order valence-electron chi connectivity index (χ0n) is 20.9. The Bertz CT molecular complexity index is 1300. The van der Waals surface area contributed by atoms with Crippen LogP contribution in [0, 0.1) is 5.82 Å². The lowest BCUT2D eigenvalue weighted by molar-refractivity contribution is -0.131. The molecule has 1 unspecified atom stereocenters. The lowest BCUT2D eigenvalue weighted by atomic mass is 10.1. The van der Waals surface area contributed by atoms with E-state index in [1.165, 1.54) is 6.07 Å². The normalized spacial score (nSPS) is 17.8. The van der Waals surface area contributed by atoms with Gasteiger partial charge in [0.25, 0.3) is 0 Å². The molecule has 37 heavy (non-hydrogen) atoms. The molecule has 0 saturated carbocycles. The van der Waals surface area contributed by atoms with Crippen molar-refractivity contribution in [3.05, 3.63) is 41.2 Å². The van der Waals surface area contributed by atoms with Crippen LogP contribution >= 0.6 is 11.6 Å². The maximum atomic E-state index is 14.6. The summed E-state index contributed by atoms with van der Waals surface area (Å²) in [5.41, 5.74) is 0.853. The number of hydrogen-bond acceptors (Lipinski definition) is 8. The number of nitrogens with one attached hydrogen (secondary N) is 2. The largest absolute Gasteiger partial charge is 0.493 e. The molecular formula is C26H30ClFN6O3. The van der Waals surface area contributed by atoms with Crippen LogP contribution in [-0.4, -0.2) is 73.8 Å². The average Bonchev–Trinajstić information content (AvgIpc) is 3.42. The number of methoxy groups -OCH3 is 2. The number of ether oxygens (including phenoxy) is 2. The highest BCUT2D eigenvalue weighted by molar-refractivity contribution is 6.30. The Kier molecular flexibility index (Phi) is 7.48. The van der Waals surface area contributed by atoms with E-state index in [2.05, 4.69) is 10.6 Å². The molecule has 2 N–H and O–H groups in total. The van der Waals surface area contributed by atoms with Gasteiger partial charge in [-0.15, -0.1) is 0 Å². The minimum atomic E-state index is -0.495. The van der Waals surface area contributed by atoms with E-state index in [0.717, 1.165) is 19.4 Å². The fraction of sp³-hybridized carbons (Fsp3) is 0.423. The summed E-state index contributed by atoms with van der Waals surface area (Å²) >= 11 is 5.93. The van der Waals surface area contributed by atoms with Crippen molar-refractivity contribution >= 4 is 45.9 Å². The van der Waals surface area contributed by atoms with Crippen molar-refractivity contribution in [2.45, 2.75) is 25.3 Å². The molecule has 2 fully saturated rings. The Hall–Kier alpha value is -3.37. The minimum absolute atomic E-state index is 0.177. The number of rotatable bonds is 7.